The molecule has 3 rings (SSSR count). The van der Waals surface area contributed by atoms with Crippen molar-refractivity contribution in [1.82, 2.24) is 15.5 Å². The van der Waals surface area contributed by atoms with Crippen molar-refractivity contribution in [3.63, 3.8) is 0 Å². The van der Waals surface area contributed by atoms with E-state index in [0.717, 1.165) is 34.2 Å². The van der Waals surface area contributed by atoms with Crippen LogP contribution < -0.4 is 10.6 Å². The Kier molecular flexibility index (Phi) is 11.8. The summed E-state index contributed by atoms with van der Waals surface area (Å²) in [5, 5.41) is 15.6. The third-order valence-corrected chi connectivity index (χ3v) is 6.99. The number of hydrogen-bond donors (Lipinski definition) is 3. The Balaban J connectivity index is 2.04. The van der Waals surface area contributed by atoms with Crippen LogP contribution in [-0.4, -0.2) is 46.1 Å². The first-order chi connectivity index (χ1) is 20.4. The molecule has 230 valence electrons. The van der Waals surface area contributed by atoms with Crippen molar-refractivity contribution in [2.75, 3.05) is 6.54 Å². The number of amides is 3. The van der Waals surface area contributed by atoms with Gasteiger partial charge in [0.15, 0.2) is 0 Å². The van der Waals surface area contributed by atoms with Crippen molar-refractivity contribution >= 4 is 17.9 Å². The Bertz CT molecular complexity index is 1370. The summed E-state index contributed by atoms with van der Waals surface area (Å²) in [5.41, 5.74) is 3.58. The number of carbonyl (C=O) groups excluding carboxylic acids is 3. The molecule has 3 N–H and O–H groups in total. The molecule has 8 heteroatoms. The van der Waals surface area contributed by atoms with Crippen LogP contribution in [-0.2, 0) is 27.3 Å². The van der Waals surface area contributed by atoms with Gasteiger partial charge >= 0.3 is 6.09 Å². The van der Waals surface area contributed by atoms with E-state index in [9.17, 15) is 19.5 Å². The van der Waals surface area contributed by atoms with Gasteiger partial charge in [-0.05, 0) is 75.4 Å². The summed E-state index contributed by atoms with van der Waals surface area (Å²) in [6.07, 6.45) is 0.887. The van der Waals surface area contributed by atoms with Gasteiger partial charge in [0.2, 0.25) is 11.8 Å². The molecule has 0 fully saturated rings. The topological polar surface area (TPSA) is 108 Å². The number of hydrogen-bond acceptors (Lipinski definition) is 5. The number of aryl methyl sites for hydroxylation is 2. The molecule has 0 spiro atoms. The molecule has 0 aliphatic heterocycles. The third kappa shape index (κ3) is 10.2. The van der Waals surface area contributed by atoms with E-state index in [4.69, 9.17) is 4.74 Å². The zero-order chi connectivity index (χ0) is 31.6. The highest BCUT2D eigenvalue weighted by Crippen LogP contribution is 2.28. The van der Waals surface area contributed by atoms with Gasteiger partial charge in [-0.1, -0.05) is 79.6 Å². The number of ether oxygens (including phenoxy) is 1. The number of unbranched alkanes of at least 4 members (excludes halogenated alkanes) is 1. The van der Waals surface area contributed by atoms with Crippen LogP contribution in [0.1, 0.15) is 74.4 Å². The standard InChI is InChI=1S/C35H45N3O5/c1-7-8-20-38(33(41)30(37-34(42)43-35(4,5)6)22-26-15-17-28(39)18-16-26)31(29-19-14-24(2)21-25(29)3)32(40)36-23-27-12-10-9-11-13-27/h9-19,21,30-31,39H,7-8,20,22-23H2,1-6H3,(H,36,40)(H,37,42). The largest absolute Gasteiger partial charge is 0.508 e. The maximum atomic E-state index is 14.5. The lowest BCUT2D eigenvalue weighted by Crippen LogP contribution is -2.54. The van der Waals surface area contributed by atoms with E-state index in [0.29, 0.717) is 19.5 Å². The number of rotatable bonds is 12. The molecular weight excluding hydrogens is 542 g/mol. The third-order valence-electron chi connectivity index (χ3n) is 6.99. The molecule has 0 aromatic heterocycles. The molecule has 0 heterocycles. The zero-order valence-electron chi connectivity index (χ0n) is 26.1. The summed E-state index contributed by atoms with van der Waals surface area (Å²) in [5.74, 6) is -0.602. The normalized spacial score (nSPS) is 12.6. The summed E-state index contributed by atoms with van der Waals surface area (Å²) in [7, 11) is 0. The average Bonchev–Trinajstić information content (AvgIpc) is 2.94. The van der Waals surface area contributed by atoms with Gasteiger partial charge in [0.05, 0.1) is 0 Å². The smallest absolute Gasteiger partial charge is 0.408 e. The molecule has 2 atom stereocenters. The molecule has 0 radical (unpaired) electrons. The highest BCUT2D eigenvalue weighted by atomic mass is 16.6. The molecule has 8 nitrogen and oxygen atoms in total. The lowest BCUT2D eigenvalue weighted by Gasteiger charge is -2.35. The minimum Gasteiger partial charge on any atom is -0.508 e. The molecule has 3 aromatic rings. The van der Waals surface area contributed by atoms with Gasteiger partial charge in [0, 0.05) is 19.5 Å². The second-order valence-electron chi connectivity index (χ2n) is 11.9. The predicted octanol–water partition coefficient (Wildman–Crippen LogP) is 6.13. The fraction of sp³-hybridized carbons (Fsp3) is 0.400. The van der Waals surface area contributed by atoms with E-state index in [-0.39, 0.29) is 18.1 Å². The van der Waals surface area contributed by atoms with Gasteiger partial charge in [-0.3, -0.25) is 9.59 Å². The van der Waals surface area contributed by atoms with E-state index < -0.39 is 29.7 Å². The van der Waals surface area contributed by atoms with Crippen molar-refractivity contribution in [2.24, 2.45) is 0 Å². The Morgan fingerprint density at radius 2 is 1.60 bits per heavy atom. The summed E-state index contributed by atoms with van der Waals surface area (Å²) in [6, 6.07) is 20.0. The number of alkyl carbamates (subject to hydrolysis) is 1. The predicted molar refractivity (Wildman–Crippen MR) is 169 cm³/mol. The number of benzene rings is 3. The van der Waals surface area contributed by atoms with Crippen molar-refractivity contribution in [1.29, 1.82) is 0 Å². The molecule has 0 saturated carbocycles. The minimum absolute atomic E-state index is 0.0984. The van der Waals surface area contributed by atoms with Crippen LogP contribution in [0.2, 0.25) is 0 Å². The molecule has 0 aliphatic rings. The fourth-order valence-electron chi connectivity index (χ4n) is 4.88. The first-order valence-corrected chi connectivity index (χ1v) is 14.8. The maximum absolute atomic E-state index is 14.5. The second-order valence-corrected chi connectivity index (χ2v) is 11.9. The van der Waals surface area contributed by atoms with Crippen LogP contribution in [0.5, 0.6) is 5.75 Å². The number of carbonyl (C=O) groups is 3. The lowest BCUT2D eigenvalue weighted by atomic mass is 9.95. The monoisotopic (exact) mass is 587 g/mol. The Morgan fingerprint density at radius 1 is 0.930 bits per heavy atom. The molecule has 0 bridgehead atoms. The Hall–Kier alpha value is -4.33. The van der Waals surface area contributed by atoms with Crippen LogP contribution in [0, 0.1) is 13.8 Å². The second kappa shape index (κ2) is 15.2. The van der Waals surface area contributed by atoms with Crippen LogP contribution in [0.3, 0.4) is 0 Å². The molecule has 3 amide bonds. The summed E-state index contributed by atoms with van der Waals surface area (Å²) in [6.45, 7) is 11.8. The van der Waals surface area contributed by atoms with Crippen molar-refractivity contribution in [2.45, 2.75) is 85.0 Å². The Morgan fingerprint density at radius 3 is 2.21 bits per heavy atom. The number of phenols is 1. The minimum atomic E-state index is -1.02. The van der Waals surface area contributed by atoms with Gasteiger partial charge in [-0.2, -0.15) is 0 Å². The molecule has 3 aromatic carbocycles. The van der Waals surface area contributed by atoms with E-state index >= 15 is 0 Å². The van der Waals surface area contributed by atoms with Gasteiger partial charge in [-0.25, -0.2) is 4.79 Å². The summed E-state index contributed by atoms with van der Waals surface area (Å²) >= 11 is 0. The van der Waals surface area contributed by atoms with E-state index in [1.807, 2.05) is 69.3 Å². The highest BCUT2D eigenvalue weighted by molar-refractivity contribution is 5.92. The van der Waals surface area contributed by atoms with Gasteiger partial charge < -0.3 is 25.4 Å². The van der Waals surface area contributed by atoms with Crippen LogP contribution >= 0.6 is 0 Å². The van der Waals surface area contributed by atoms with E-state index in [2.05, 4.69) is 10.6 Å². The maximum Gasteiger partial charge on any atom is 0.408 e. The molecular formula is C35H45N3O5. The highest BCUT2D eigenvalue weighted by Gasteiger charge is 2.36. The van der Waals surface area contributed by atoms with Gasteiger partial charge in [0.25, 0.3) is 0 Å². The van der Waals surface area contributed by atoms with Crippen LogP contribution in [0.15, 0.2) is 72.8 Å². The summed E-state index contributed by atoms with van der Waals surface area (Å²) < 4.78 is 5.51. The first kappa shape index (κ1) is 33.2. The number of nitrogens with one attached hydrogen (secondary N) is 2. The van der Waals surface area contributed by atoms with Crippen molar-refractivity contribution in [3.05, 3.63) is 101 Å². The number of phenolic OH excluding ortho intramolecular Hbond substituents is 1. The first-order valence-electron chi connectivity index (χ1n) is 14.8. The number of nitrogens with zero attached hydrogens (tertiary/aromatic N) is 1. The lowest BCUT2D eigenvalue weighted by molar-refractivity contribution is -0.142. The van der Waals surface area contributed by atoms with Crippen LogP contribution in [0.25, 0.3) is 0 Å². The van der Waals surface area contributed by atoms with Crippen LogP contribution in [0.4, 0.5) is 4.79 Å². The van der Waals surface area contributed by atoms with E-state index in [1.54, 1.807) is 37.8 Å². The molecule has 0 aliphatic carbocycles. The summed E-state index contributed by atoms with van der Waals surface area (Å²) in [4.78, 5) is 43.1. The number of aromatic hydroxyl groups is 1. The average molecular weight is 588 g/mol. The molecule has 2 unspecified atom stereocenters. The van der Waals surface area contributed by atoms with Gasteiger partial charge in [-0.15, -0.1) is 0 Å². The SMILES string of the molecule is CCCCN(C(=O)C(Cc1ccc(O)cc1)NC(=O)OC(C)(C)C)C(C(=O)NCc1ccccc1)c1ccc(C)cc1C. The fourth-order valence-corrected chi connectivity index (χ4v) is 4.88. The van der Waals surface area contributed by atoms with Crippen molar-refractivity contribution in [3.8, 4) is 5.75 Å². The van der Waals surface area contributed by atoms with Crippen molar-refractivity contribution < 1.29 is 24.2 Å². The Labute approximate surface area is 255 Å². The molecule has 0 saturated heterocycles. The van der Waals surface area contributed by atoms with E-state index in [1.165, 1.54) is 12.1 Å². The zero-order valence-corrected chi connectivity index (χ0v) is 26.1. The quantitative estimate of drug-likeness (QED) is 0.236. The van der Waals surface area contributed by atoms with Gasteiger partial charge in [0.1, 0.15) is 23.4 Å². The molecule has 43 heavy (non-hydrogen) atoms.